The number of alkyl halides is 3. The fourth-order valence-corrected chi connectivity index (χ4v) is 4.57. The van der Waals surface area contributed by atoms with Crippen LogP contribution >= 0.6 is 0 Å². The fourth-order valence-electron chi connectivity index (χ4n) is 4.57. The molecule has 4 rings (SSSR count). The van der Waals surface area contributed by atoms with E-state index in [4.69, 9.17) is 0 Å². The van der Waals surface area contributed by atoms with Gasteiger partial charge in [-0.2, -0.15) is 13.2 Å². The molecule has 2 aliphatic heterocycles. The predicted molar refractivity (Wildman–Crippen MR) is 118 cm³/mol. The van der Waals surface area contributed by atoms with Crippen molar-refractivity contribution in [2.24, 2.45) is 0 Å². The Kier molecular flexibility index (Phi) is 6.44. The highest BCUT2D eigenvalue weighted by Crippen LogP contribution is 2.32. The van der Waals surface area contributed by atoms with E-state index in [9.17, 15) is 23.1 Å². The monoisotopic (exact) mass is 447 g/mol. The number of carbonyl (C=O) groups excluding carboxylic acids is 1. The van der Waals surface area contributed by atoms with Gasteiger partial charge in [-0.3, -0.25) is 9.69 Å². The molecule has 2 aromatic carbocycles. The molecule has 2 heterocycles. The molecule has 0 aromatic heterocycles. The minimum Gasteiger partial charge on any atom is -0.387 e. The van der Waals surface area contributed by atoms with Crippen molar-refractivity contribution in [2.45, 2.75) is 32.0 Å². The van der Waals surface area contributed by atoms with Gasteiger partial charge in [-0.1, -0.05) is 18.2 Å². The fraction of sp³-hybridized carbons (Fsp3) is 0.458. The topological polar surface area (TPSA) is 47.0 Å². The molecule has 1 atom stereocenters. The van der Waals surface area contributed by atoms with Crippen molar-refractivity contribution in [1.29, 1.82) is 0 Å². The van der Waals surface area contributed by atoms with Crippen molar-refractivity contribution in [3.8, 4) is 0 Å². The van der Waals surface area contributed by atoms with Gasteiger partial charge in [0.2, 0.25) is 5.91 Å². The van der Waals surface area contributed by atoms with E-state index in [0.717, 1.165) is 42.3 Å². The van der Waals surface area contributed by atoms with Crippen molar-refractivity contribution in [3.63, 3.8) is 0 Å². The maximum Gasteiger partial charge on any atom is 0.416 e. The van der Waals surface area contributed by atoms with Crippen LogP contribution in [-0.4, -0.2) is 55.2 Å². The number of benzene rings is 2. The Hall–Kier alpha value is -2.58. The molecule has 0 saturated carbocycles. The number of rotatable bonds is 4. The maximum absolute atomic E-state index is 13.0. The number of hydrogen-bond donors (Lipinski definition) is 1. The van der Waals surface area contributed by atoms with Crippen molar-refractivity contribution >= 4 is 17.3 Å². The molecule has 2 aromatic rings. The van der Waals surface area contributed by atoms with Gasteiger partial charge in [-0.15, -0.1) is 0 Å². The van der Waals surface area contributed by atoms with Crippen LogP contribution in [0.3, 0.4) is 0 Å². The third-order valence-corrected chi connectivity index (χ3v) is 6.33. The van der Waals surface area contributed by atoms with Gasteiger partial charge in [-0.05, 0) is 48.2 Å². The molecule has 1 fully saturated rings. The average Bonchev–Trinajstić information content (AvgIpc) is 2.78. The smallest absolute Gasteiger partial charge is 0.387 e. The average molecular weight is 448 g/mol. The van der Waals surface area contributed by atoms with Crippen molar-refractivity contribution in [1.82, 2.24) is 4.90 Å². The number of amides is 1. The molecule has 1 N–H and O–H groups in total. The largest absolute Gasteiger partial charge is 0.416 e. The second kappa shape index (κ2) is 9.11. The summed E-state index contributed by atoms with van der Waals surface area (Å²) in [7, 11) is 0. The zero-order chi connectivity index (χ0) is 22.9. The first kappa shape index (κ1) is 22.6. The van der Waals surface area contributed by atoms with E-state index in [1.54, 1.807) is 17.9 Å². The summed E-state index contributed by atoms with van der Waals surface area (Å²) in [6.07, 6.45) is -3.22. The van der Waals surface area contributed by atoms with Crippen LogP contribution < -0.4 is 9.80 Å². The van der Waals surface area contributed by atoms with Gasteiger partial charge in [-0.25, -0.2) is 0 Å². The Labute approximate surface area is 186 Å². The van der Waals surface area contributed by atoms with E-state index in [0.29, 0.717) is 38.4 Å². The summed E-state index contributed by atoms with van der Waals surface area (Å²) in [4.78, 5) is 17.7. The Morgan fingerprint density at radius 2 is 1.81 bits per heavy atom. The Balaban J connectivity index is 1.36. The summed E-state index contributed by atoms with van der Waals surface area (Å²) in [5.41, 5.74) is 2.77. The van der Waals surface area contributed by atoms with Gasteiger partial charge in [0.05, 0.1) is 11.7 Å². The Morgan fingerprint density at radius 3 is 2.50 bits per heavy atom. The van der Waals surface area contributed by atoms with E-state index in [-0.39, 0.29) is 5.91 Å². The molecule has 1 amide bonds. The number of anilines is 2. The first-order valence-corrected chi connectivity index (χ1v) is 11.0. The summed E-state index contributed by atoms with van der Waals surface area (Å²) in [6.45, 7) is 5.28. The van der Waals surface area contributed by atoms with Crippen LogP contribution in [0.4, 0.5) is 24.5 Å². The van der Waals surface area contributed by atoms with Crippen LogP contribution in [0.15, 0.2) is 42.5 Å². The summed E-state index contributed by atoms with van der Waals surface area (Å²) < 4.78 is 39.0. The number of halogens is 3. The highest BCUT2D eigenvalue weighted by molar-refractivity contribution is 5.92. The highest BCUT2D eigenvalue weighted by Gasteiger charge is 2.31. The predicted octanol–water partition coefficient (Wildman–Crippen LogP) is 3.86. The third-order valence-electron chi connectivity index (χ3n) is 6.33. The quantitative estimate of drug-likeness (QED) is 0.773. The lowest BCUT2D eigenvalue weighted by Gasteiger charge is -2.37. The zero-order valence-corrected chi connectivity index (χ0v) is 18.1. The number of aliphatic hydroxyl groups excluding tert-OH is 1. The molecule has 1 saturated heterocycles. The number of carbonyl (C=O) groups is 1. The summed E-state index contributed by atoms with van der Waals surface area (Å²) in [6, 6.07) is 11.2. The highest BCUT2D eigenvalue weighted by atomic mass is 19.4. The lowest BCUT2D eigenvalue weighted by molar-refractivity contribution is -0.137. The van der Waals surface area contributed by atoms with E-state index >= 15 is 0 Å². The molecule has 172 valence electrons. The summed E-state index contributed by atoms with van der Waals surface area (Å²) in [5.74, 6) is 0.0258. The van der Waals surface area contributed by atoms with E-state index in [1.807, 2.05) is 23.1 Å². The normalized spacial score (nSPS) is 18.4. The molecule has 2 aliphatic rings. The molecule has 32 heavy (non-hydrogen) atoms. The number of aliphatic hydroxyl groups is 1. The molecule has 0 aliphatic carbocycles. The molecular formula is C24H28F3N3O2. The molecule has 0 spiro atoms. The Morgan fingerprint density at radius 1 is 1.06 bits per heavy atom. The molecule has 5 nitrogen and oxygen atoms in total. The number of hydrogen-bond acceptors (Lipinski definition) is 4. The summed E-state index contributed by atoms with van der Waals surface area (Å²) in [5, 5.41) is 10.8. The Bertz CT molecular complexity index is 971. The first-order valence-electron chi connectivity index (χ1n) is 11.0. The summed E-state index contributed by atoms with van der Waals surface area (Å²) >= 11 is 0. The molecule has 0 bridgehead atoms. The van der Waals surface area contributed by atoms with Gasteiger partial charge < -0.3 is 14.9 Å². The lowest BCUT2D eigenvalue weighted by atomic mass is 9.97. The van der Waals surface area contributed by atoms with Crippen molar-refractivity contribution in [3.05, 3.63) is 59.2 Å². The van der Waals surface area contributed by atoms with Crippen molar-refractivity contribution < 1.29 is 23.1 Å². The van der Waals surface area contributed by atoms with Gasteiger partial charge in [0.25, 0.3) is 0 Å². The number of piperazine rings is 1. The van der Waals surface area contributed by atoms with Gasteiger partial charge in [0.15, 0.2) is 0 Å². The molecular weight excluding hydrogens is 419 g/mol. The zero-order valence-electron chi connectivity index (χ0n) is 18.1. The number of nitrogens with zero attached hydrogens (tertiary/aromatic N) is 3. The number of fused-ring (bicyclic) bond motifs is 1. The molecule has 0 unspecified atom stereocenters. The van der Waals surface area contributed by atoms with E-state index in [2.05, 4.69) is 4.90 Å². The van der Waals surface area contributed by atoms with E-state index < -0.39 is 17.8 Å². The van der Waals surface area contributed by atoms with Gasteiger partial charge >= 0.3 is 6.18 Å². The van der Waals surface area contributed by atoms with Crippen LogP contribution in [0.2, 0.25) is 0 Å². The first-order chi connectivity index (χ1) is 15.2. The molecule has 0 radical (unpaired) electrons. The minimum absolute atomic E-state index is 0.0258. The lowest BCUT2D eigenvalue weighted by Crippen LogP contribution is -2.47. The van der Waals surface area contributed by atoms with Crippen LogP contribution in [0, 0.1) is 0 Å². The minimum atomic E-state index is -4.35. The molecule has 8 heteroatoms. The van der Waals surface area contributed by atoms with Crippen LogP contribution in [0.25, 0.3) is 0 Å². The van der Waals surface area contributed by atoms with Crippen LogP contribution in [0.1, 0.15) is 36.1 Å². The van der Waals surface area contributed by atoms with E-state index in [1.165, 1.54) is 12.1 Å². The van der Waals surface area contributed by atoms with Crippen molar-refractivity contribution in [2.75, 3.05) is 49.1 Å². The number of aryl methyl sites for hydroxylation is 1. The van der Waals surface area contributed by atoms with Crippen LogP contribution in [-0.2, 0) is 17.4 Å². The van der Waals surface area contributed by atoms with Crippen LogP contribution in [0.5, 0.6) is 0 Å². The standard InChI is InChI=1S/C24H28F3N3O2/c1-17(31)30-9-3-4-18-14-19(7-8-22(18)30)23(32)16-28-10-12-29(13-11-28)21-6-2-5-20(15-21)24(25,26)27/h2,5-8,14-15,23,32H,3-4,9-13,16H2,1H3/t23-/m0/s1. The third kappa shape index (κ3) is 4.91. The number of β-amino-alcohol motifs (C(OH)–C–C–N with tert-alkyl or cyclic N) is 1. The second-order valence-corrected chi connectivity index (χ2v) is 8.51. The maximum atomic E-state index is 13.0. The van der Waals surface area contributed by atoms with Gasteiger partial charge in [0.1, 0.15) is 0 Å². The SMILES string of the molecule is CC(=O)N1CCCc2cc([C@@H](O)CN3CCN(c4cccc(C(F)(F)F)c4)CC3)ccc21. The van der Waals surface area contributed by atoms with Gasteiger partial charge in [0, 0.05) is 57.6 Å². The second-order valence-electron chi connectivity index (χ2n) is 8.51.